The van der Waals surface area contributed by atoms with Crippen molar-refractivity contribution in [3.63, 3.8) is 0 Å². The number of halogens is 2. The van der Waals surface area contributed by atoms with Gasteiger partial charge in [0.25, 0.3) is 0 Å². The first-order valence-corrected chi connectivity index (χ1v) is 13.6. The molecule has 0 saturated heterocycles. The molecule has 186 valence electrons. The van der Waals surface area contributed by atoms with E-state index in [9.17, 15) is 18.0 Å². The molecule has 0 bridgehead atoms. The van der Waals surface area contributed by atoms with Crippen molar-refractivity contribution in [2.45, 2.75) is 45.7 Å². The lowest BCUT2D eigenvalue weighted by molar-refractivity contribution is -0.141. The molecule has 1 unspecified atom stereocenters. The molecule has 0 radical (unpaired) electrons. The molecule has 0 aliphatic rings. The van der Waals surface area contributed by atoms with Crippen LogP contribution in [0.2, 0.25) is 10.0 Å². The molecular weight excluding hydrogens is 497 g/mol. The minimum Gasteiger partial charge on any atom is -0.357 e. The van der Waals surface area contributed by atoms with E-state index in [-0.39, 0.29) is 37.7 Å². The van der Waals surface area contributed by atoms with Crippen LogP contribution in [-0.4, -0.2) is 51.0 Å². The third-order valence-corrected chi connectivity index (χ3v) is 7.45. The summed E-state index contributed by atoms with van der Waals surface area (Å²) in [6.45, 7) is 3.85. The first-order chi connectivity index (χ1) is 16.0. The number of nitrogens with zero attached hydrogens (tertiary/aromatic N) is 2. The van der Waals surface area contributed by atoms with Crippen LogP contribution in [0.4, 0.5) is 5.69 Å². The Labute approximate surface area is 212 Å². The summed E-state index contributed by atoms with van der Waals surface area (Å²) in [7, 11) is -2.03. The molecule has 10 heteroatoms. The van der Waals surface area contributed by atoms with Crippen LogP contribution in [0.25, 0.3) is 0 Å². The maximum atomic E-state index is 13.3. The summed E-state index contributed by atoms with van der Waals surface area (Å²) in [5.74, 6) is -0.582. The average molecular weight is 529 g/mol. The number of para-hydroxylation sites is 1. The van der Waals surface area contributed by atoms with E-state index >= 15 is 0 Å². The summed E-state index contributed by atoms with van der Waals surface area (Å²) >= 11 is 12.6. The fourth-order valence-electron chi connectivity index (χ4n) is 3.77. The summed E-state index contributed by atoms with van der Waals surface area (Å²) in [6.07, 6.45) is 1.86. The van der Waals surface area contributed by atoms with Gasteiger partial charge in [0.05, 0.1) is 11.9 Å². The largest absolute Gasteiger partial charge is 0.357 e. The second-order valence-corrected chi connectivity index (χ2v) is 10.7. The molecule has 2 aromatic rings. The molecule has 2 amide bonds. The van der Waals surface area contributed by atoms with Crippen molar-refractivity contribution in [2.75, 3.05) is 24.2 Å². The van der Waals surface area contributed by atoms with Crippen LogP contribution in [0, 0.1) is 6.92 Å². The highest BCUT2D eigenvalue weighted by Crippen LogP contribution is 2.28. The van der Waals surface area contributed by atoms with Gasteiger partial charge in [-0.3, -0.25) is 13.9 Å². The molecular formula is C24H31Cl2N3O4S. The van der Waals surface area contributed by atoms with Gasteiger partial charge in [0, 0.05) is 42.2 Å². The van der Waals surface area contributed by atoms with Gasteiger partial charge < -0.3 is 10.2 Å². The van der Waals surface area contributed by atoms with Gasteiger partial charge in [-0.15, -0.1) is 0 Å². The van der Waals surface area contributed by atoms with Crippen molar-refractivity contribution >= 4 is 50.7 Å². The monoisotopic (exact) mass is 527 g/mol. The molecule has 1 atom stereocenters. The fraction of sp³-hybridized carbons (Fsp3) is 0.417. The number of carbonyl (C=O) groups excluding carboxylic acids is 2. The van der Waals surface area contributed by atoms with Crippen LogP contribution < -0.4 is 9.62 Å². The summed E-state index contributed by atoms with van der Waals surface area (Å²) in [4.78, 5) is 27.3. The van der Waals surface area contributed by atoms with E-state index in [1.54, 1.807) is 30.3 Å². The molecule has 0 spiro atoms. The molecule has 7 nitrogen and oxygen atoms in total. The van der Waals surface area contributed by atoms with Crippen molar-refractivity contribution in [3.8, 4) is 0 Å². The Balaban J connectivity index is 2.25. The predicted molar refractivity (Wildman–Crippen MR) is 138 cm³/mol. The molecule has 0 saturated carbocycles. The van der Waals surface area contributed by atoms with E-state index < -0.39 is 16.1 Å². The van der Waals surface area contributed by atoms with Gasteiger partial charge in [-0.05, 0) is 43.5 Å². The Hall–Kier alpha value is -2.29. The zero-order valence-electron chi connectivity index (χ0n) is 19.8. The topological polar surface area (TPSA) is 86.8 Å². The molecule has 2 aromatic carbocycles. The first kappa shape index (κ1) is 28.0. The number of anilines is 1. The summed E-state index contributed by atoms with van der Waals surface area (Å²) < 4.78 is 26.2. The van der Waals surface area contributed by atoms with Crippen molar-refractivity contribution < 1.29 is 18.0 Å². The number of benzene rings is 2. The number of aryl methyl sites for hydroxylation is 1. The zero-order valence-corrected chi connectivity index (χ0v) is 22.2. The van der Waals surface area contributed by atoms with Crippen LogP contribution in [-0.2, 0) is 26.2 Å². The lowest BCUT2D eigenvalue weighted by Gasteiger charge is -2.31. The number of hydrogen-bond donors (Lipinski definition) is 1. The molecule has 0 heterocycles. The third-order valence-electron chi connectivity index (χ3n) is 5.56. The minimum absolute atomic E-state index is 0.0491. The standard InChI is InChI=1S/C24H31Cl2N3O4S/c1-5-21(24(31)27-3)28(16-18-19(25)11-8-12-20(18)26)23(30)14-9-15-29(34(4,32)33)22-13-7-6-10-17(22)2/h6-8,10-13,21H,5,9,14-16H2,1-4H3,(H,27,31). The van der Waals surface area contributed by atoms with Gasteiger partial charge >= 0.3 is 0 Å². The zero-order chi connectivity index (χ0) is 25.5. The summed E-state index contributed by atoms with van der Waals surface area (Å²) in [5, 5.41) is 3.41. The SMILES string of the molecule is CCC(C(=O)NC)N(Cc1c(Cl)cccc1Cl)C(=O)CCCN(c1ccccc1C)S(C)(=O)=O. The normalized spacial score (nSPS) is 12.2. The molecule has 0 fully saturated rings. The van der Waals surface area contributed by atoms with Crippen LogP contribution >= 0.6 is 23.2 Å². The quantitative estimate of drug-likeness (QED) is 0.469. The van der Waals surface area contributed by atoms with Gasteiger partial charge in [-0.1, -0.05) is 54.4 Å². The van der Waals surface area contributed by atoms with Crippen LogP contribution in [0.3, 0.4) is 0 Å². The van der Waals surface area contributed by atoms with E-state index in [1.165, 1.54) is 16.3 Å². The van der Waals surface area contributed by atoms with Crippen LogP contribution in [0.1, 0.15) is 37.3 Å². The predicted octanol–water partition coefficient (Wildman–Crippen LogP) is 4.40. The summed E-state index contributed by atoms with van der Waals surface area (Å²) in [5.41, 5.74) is 1.95. The Morgan fingerprint density at radius 3 is 2.21 bits per heavy atom. The Morgan fingerprint density at radius 1 is 1.06 bits per heavy atom. The lowest BCUT2D eigenvalue weighted by atomic mass is 10.1. The third kappa shape index (κ3) is 7.10. The van der Waals surface area contributed by atoms with Gasteiger partial charge in [0.2, 0.25) is 21.8 Å². The van der Waals surface area contributed by atoms with Crippen molar-refractivity contribution in [3.05, 3.63) is 63.6 Å². The first-order valence-electron chi connectivity index (χ1n) is 11.0. The fourth-order valence-corrected chi connectivity index (χ4v) is 5.31. The highest BCUT2D eigenvalue weighted by Gasteiger charge is 2.29. The maximum Gasteiger partial charge on any atom is 0.242 e. The van der Waals surface area contributed by atoms with E-state index in [0.717, 1.165) is 11.8 Å². The smallest absolute Gasteiger partial charge is 0.242 e. The number of sulfonamides is 1. The van der Waals surface area contributed by atoms with Gasteiger partial charge in [0.15, 0.2) is 0 Å². The van der Waals surface area contributed by atoms with Crippen molar-refractivity contribution in [1.29, 1.82) is 0 Å². The average Bonchev–Trinajstić information content (AvgIpc) is 2.78. The molecule has 0 aromatic heterocycles. The second kappa shape index (κ2) is 12.4. The number of rotatable bonds is 11. The van der Waals surface area contributed by atoms with Crippen molar-refractivity contribution in [2.24, 2.45) is 0 Å². The molecule has 1 N–H and O–H groups in total. The second-order valence-electron chi connectivity index (χ2n) is 7.99. The van der Waals surface area contributed by atoms with Crippen LogP contribution in [0.5, 0.6) is 0 Å². The molecule has 0 aliphatic heterocycles. The number of likely N-dealkylation sites (N-methyl/N-ethyl adjacent to an activating group) is 1. The molecule has 34 heavy (non-hydrogen) atoms. The Morgan fingerprint density at radius 2 is 1.68 bits per heavy atom. The number of nitrogens with one attached hydrogen (secondary N) is 1. The molecule has 0 aliphatic carbocycles. The van der Waals surface area contributed by atoms with E-state index in [2.05, 4.69) is 5.32 Å². The van der Waals surface area contributed by atoms with E-state index in [4.69, 9.17) is 23.2 Å². The van der Waals surface area contributed by atoms with E-state index in [1.807, 2.05) is 26.0 Å². The van der Waals surface area contributed by atoms with E-state index in [0.29, 0.717) is 27.7 Å². The number of amides is 2. The highest BCUT2D eigenvalue weighted by molar-refractivity contribution is 7.92. The Kier molecular flexibility index (Phi) is 10.2. The maximum absolute atomic E-state index is 13.3. The molecule has 2 rings (SSSR count). The Bertz CT molecular complexity index is 1100. The highest BCUT2D eigenvalue weighted by atomic mass is 35.5. The van der Waals surface area contributed by atoms with Gasteiger partial charge in [-0.25, -0.2) is 8.42 Å². The lowest BCUT2D eigenvalue weighted by Crippen LogP contribution is -2.48. The van der Waals surface area contributed by atoms with Gasteiger partial charge in [-0.2, -0.15) is 0 Å². The number of hydrogen-bond acceptors (Lipinski definition) is 4. The summed E-state index contributed by atoms with van der Waals surface area (Å²) in [6, 6.07) is 11.5. The van der Waals surface area contributed by atoms with Crippen LogP contribution in [0.15, 0.2) is 42.5 Å². The number of carbonyl (C=O) groups is 2. The van der Waals surface area contributed by atoms with Gasteiger partial charge in [0.1, 0.15) is 6.04 Å². The van der Waals surface area contributed by atoms with Crippen molar-refractivity contribution in [1.82, 2.24) is 10.2 Å². The minimum atomic E-state index is -3.55.